The number of rotatable bonds is 4. The van der Waals surface area contributed by atoms with Crippen LogP contribution in [0.4, 0.5) is 0 Å². The summed E-state index contributed by atoms with van der Waals surface area (Å²) in [5.74, 6) is 1.28. The van der Waals surface area contributed by atoms with E-state index in [0.717, 1.165) is 42.8 Å². The molecule has 0 amide bonds. The van der Waals surface area contributed by atoms with E-state index in [9.17, 15) is 5.11 Å². The largest absolute Gasteiger partial charge is 0.508 e. The van der Waals surface area contributed by atoms with Crippen molar-refractivity contribution in [2.24, 2.45) is 0 Å². The van der Waals surface area contributed by atoms with Crippen molar-refractivity contribution in [3.05, 3.63) is 45.8 Å². The first-order valence-corrected chi connectivity index (χ1v) is 8.14. The molecule has 1 fully saturated rings. The number of halogens is 1. The number of hydrogen-bond acceptors (Lipinski definition) is 4. The van der Waals surface area contributed by atoms with Crippen molar-refractivity contribution >= 4 is 11.6 Å². The second-order valence-electron chi connectivity index (χ2n) is 5.86. The van der Waals surface area contributed by atoms with Crippen molar-refractivity contribution in [2.75, 3.05) is 6.54 Å². The fraction of sp³-hybridized carbons (Fsp3) is 0.471. The maximum Gasteiger partial charge on any atom is 0.141 e. The average Bonchev–Trinajstić information content (AvgIpc) is 3.08. The molecule has 2 heterocycles. The van der Waals surface area contributed by atoms with Gasteiger partial charge in [-0.25, -0.2) is 0 Å². The van der Waals surface area contributed by atoms with Crippen molar-refractivity contribution < 1.29 is 9.63 Å². The van der Waals surface area contributed by atoms with E-state index in [1.165, 1.54) is 5.56 Å². The second kappa shape index (κ2) is 6.31. The highest BCUT2D eigenvalue weighted by atomic mass is 35.5. The summed E-state index contributed by atoms with van der Waals surface area (Å²) in [6.45, 7) is 5.78. The van der Waals surface area contributed by atoms with Crippen molar-refractivity contribution in [1.29, 1.82) is 0 Å². The van der Waals surface area contributed by atoms with E-state index >= 15 is 0 Å². The van der Waals surface area contributed by atoms with Gasteiger partial charge in [0.15, 0.2) is 0 Å². The van der Waals surface area contributed by atoms with Crippen LogP contribution in [0, 0.1) is 6.92 Å². The van der Waals surface area contributed by atoms with Gasteiger partial charge >= 0.3 is 0 Å². The Morgan fingerprint density at radius 3 is 3.05 bits per heavy atom. The van der Waals surface area contributed by atoms with Crippen LogP contribution in [-0.2, 0) is 13.0 Å². The molecular formula is C17H21ClN2O2. The van der Waals surface area contributed by atoms with Crippen LogP contribution in [0.3, 0.4) is 0 Å². The Bertz CT molecular complexity index is 669. The van der Waals surface area contributed by atoms with Crippen LogP contribution in [0.5, 0.6) is 5.75 Å². The zero-order valence-corrected chi connectivity index (χ0v) is 13.7. The van der Waals surface area contributed by atoms with Crippen LogP contribution < -0.4 is 0 Å². The molecule has 5 heteroatoms. The van der Waals surface area contributed by atoms with E-state index in [4.69, 9.17) is 16.1 Å². The van der Waals surface area contributed by atoms with Gasteiger partial charge in [-0.3, -0.25) is 4.90 Å². The lowest BCUT2D eigenvalue weighted by Gasteiger charge is -2.25. The molecule has 1 N–H and O–H groups in total. The minimum absolute atomic E-state index is 0.299. The number of aromatic hydroxyl groups is 1. The van der Waals surface area contributed by atoms with Gasteiger partial charge in [0.25, 0.3) is 0 Å². The molecule has 0 unspecified atom stereocenters. The third-order valence-electron chi connectivity index (χ3n) is 4.42. The monoisotopic (exact) mass is 320 g/mol. The van der Waals surface area contributed by atoms with Gasteiger partial charge < -0.3 is 9.63 Å². The van der Waals surface area contributed by atoms with Crippen LogP contribution in [0.15, 0.2) is 22.7 Å². The quantitative estimate of drug-likeness (QED) is 0.915. The lowest BCUT2D eigenvalue weighted by molar-refractivity contribution is 0.242. The Balaban J connectivity index is 1.87. The molecule has 2 aromatic rings. The van der Waals surface area contributed by atoms with Crippen molar-refractivity contribution in [1.82, 2.24) is 10.1 Å². The molecule has 1 aliphatic rings. The second-order valence-corrected chi connectivity index (χ2v) is 6.30. The summed E-state index contributed by atoms with van der Waals surface area (Å²) in [6, 6.07) is 5.51. The van der Waals surface area contributed by atoms with E-state index in [0.29, 0.717) is 23.4 Å². The fourth-order valence-corrected chi connectivity index (χ4v) is 3.54. The smallest absolute Gasteiger partial charge is 0.141 e. The molecule has 0 bridgehead atoms. The summed E-state index contributed by atoms with van der Waals surface area (Å²) < 4.78 is 5.45. The predicted octanol–water partition coefficient (Wildman–Crippen LogP) is 4.24. The molecule has 0 aliphatic carbocycles. The maximum absolute atomic E-state index is 10.1. The Labute approximate surface area is 135 Å². The van der Waals surface area contributed by atoms with Crippen LogP contribution in [0.25, 0.3) is 0 Å². The fourth-order valence-electron chi connectivity index (χ4n) is 3.35. The maximum atomic E-state index is 10.1. The molecule has 1 aromatic carbocycles. The topological polar surface area (TPSA) is 49.5 Å². The summed E-state index contributed by atoms with van der Waals surface area (Å²) in [6.07, 6.45) is 3.08. The number of hydrogen-bond donors (Lipinski definition) is 1. The molecule has 0 spiro atoms. The minimum atomic E-state index is 0.299. The lowest BCUT2D eigenvalue weighted by Crippen LogP contribution is -2.23. The van der Waals surface area contributed by atoms with Crippen LogP contribution >= 0.6 is 11.6 Å². The van der Waals surface area contributed by atoms with Gasteiger partial charge in [-0.2, -0.15) is 0 Å². The van der Waals surface area contributed by atoms with E-state index in [-0.39, 0.29) is 0 Å². The molecule has 1 atom stereocenters. The summed E-state index contributed by atoms with van der Waals surface area (Å²) in [5, 5.41) is 14.8. The van der Waals surface area contributed by atoms with Crippen LogP contribution in [0.2, 0.25) is 5.02 Å². The van der Waals surface area contributed by atoms with Crippen molar-refractivity contribution in [3.63, 3.8) is 0 Å². The van der Waals surface area contributed by atoms with Gasteiger partial charge in [0.1, 0.15) is 11.5 Å². The Morgan fingerprint density at radius 2 is 2.27 bits per heavy atom. The molecule has 0 saturated carbocycles. The third-order valence-corrected chi connectivity index (χ3v) is 4.65. The Morgan fingerprint density at radius 1 is 1.45 bits per heavy atom. The van der Waals surface area contributed by atoms with E-state index in [1.54, 1.807) is 12.1 Å². The Hall–Kier alpha value is -1.52. The van der Waals surface area contributed by atoms with E-state index in [2.05, 4.69) is 17.0 Å². The van der Waals surface area contributed by atoms with E-state index in [1.807, 2.05) is 13.0 Å². The first kappa shape index (κ1) is 15.4. The molecular weight excluding hydrogens is 300 g/mol. The number of aromatic nitrogens is 1. The van der Waals surface area contributed by atoms with Crippen molar-refractivity contribution in [2.45, 2.75) is 45.7 Å². The zero-order valence-electron chi connectivity index (χ0n) is 13.0. The molecule has 22 heavy (non-hydrogen) atoms. The van der Waals surface area contributed by atoms with Gasteiger partial charge in [0.05, 0.1) is 5.69 Å². The first-order chi connectivity index (χ1) is 10.6. The molecule has 118 valence electrons. The highest BCUT2D eigenvalue weighted by Gasteiger charge is 2.31. The first-order valence-electron chi connectivity index (χ1n) is 7.76. The number of phenolic OH excluding ortho intramolecular Hbond substituents is 1. The molecule has 3 rings (SSSR count). The summed E-state index contributed by atoms with van der Waals surface area (Å²) >= 11 is 6.06. The van der Waals surface area contributed by atoms with Gasteiger partial charge in [0, 0.05) is 35.2 Å². The van der Waals surface area contributed by atoms with Crippen LogP contribution in [-0.4, -0.2) is 21.7 Å². The zero-order chi connectivity index (χ0) is 15.7. The van der Waals surface area contributed by atoms with Crippen LogP contribution in [0.1, 0.15) is 48.4 Å². The van der Waals surface area contributed by atoms with Crippen molar-refractivity contribution in [3.8, 4) is 5.75 Å². The highest BCUT2D eigenvalue weighted by Crippen LogP contribution is 2.38. The van der Waals surface area contributed by atoms with Gasteiger partial charge in [-0.05, 0) is 44.5 Å². The highest BCUT2D eigenvalue weighted by molar-refractivity contribution is 6.30. The SMILES string of the molecule is CCc1onc(C)c1[C@H]1CCCN1Cc1cc(Cl)ccc1O. The Kier molecular flexibility index (Phi) is 4.41. The molecule has 1 saturated heterocycles. The predicted molar refractivity (Wildman–Crippen MR) is 86.1 cm³/mol. The number of likely N-dealkylation sites (tertiary alicyclic amines) is 1. The van der Waals surface area contributed by atoms with E-state index < -0.39 is 0 Å². The minimum Gasteiger partial charge on any atom is -0.508 e. The standard InChI is InChI=1S/C17H21ClN2O2/c1-3-16-17(11(2)19-22-16)14-5-4-8-20(14)10-12-9-13(18)6-7-15(12)21/h6-7,9,14,21H,3-5,8,10H2,1-2H3/t14-/m1/s1. The van der Waals surface area contributed by atoms with Gasteiger partial charge in [-0.15, -0.1) is 0 Å². The summed E-state index contributed by atoms with van der Waals surface area (Å²) in [7, 11) is 0. The molecule has 4 nitrogen and oxygen atoms in total. The number of phenols is 1. The molecule has 1 aromatic heterocycles. The summed E-state index contributed by atoms with van der Waals surface area (Å²) in [4.78, 5) is 2.38. The third kappa shape index (κ3) is 2.85. The average molecular weight is 321 g/mol. The number of aryl methyl sites for hydroxylation is 2. The number of nitrogens with zero attached hydrogens (tertiary/aromatic N) is 2. The van der Waals surface area contributed by atoms with Gasteiger partial charge in [-0.1, -0.05) is 23.7 Å². The summed E-state index contributed by atoms with van der Waals surface area (Å²) in [5.41, 5.74) is 3.07. The molecule has 1 aliphatic heterocycles. The lowest BCUT2D eigenvalue weighted by atomic mass is 10.0. The number of benzene rings is 1. The van der Waals surface area contributed by atoms with Gasteiger partial charge in [0.2, 0.25) is 0 Å². The molecule has 0 radical (unpaired) electrons. The normalized spacial score (nSPS) is 19.0.